The third kappa shape index (κ3) is 3.49. The Labute approximate surface area is 138 Å². The van der Waals surface area contributed by atoms with Crippen LogP contribution in [0.4, 0.5) is 0 Å². The Morgan fingerprint density at radius 2 is 1.96 bits per heavy atom. The van der Waals surface area contributed by atoms with Gasteiger partial charge in [-0.1, -0.05) is 6.07 Å². The Morgan fingerprint density at radius 1 is 1.13 bits per heavy atom. The van der Waals surface area contributed by atoms with Crippen molar-refractivity contribution in [3.63, 3.8) is 0 Å². The van der Waals surface area contributed by atoms with Crippen LogP contribution < -0.4 is 14.0 Å². The van der Waals surface area contributed by atoms with Crippen molar-refractivity contribution in [1.29, 1.82) is 0 Å². The molecular weight excluding hydrogens is 286 g/mol. The maximum absolute atomic E-state index is 5.41. The number of hydrogen-bond donors (Lipinski definition) is 0. The van der Waals surface area contributed by atoms with Gasteiger partial charge >= 0.3 is 0 Å². The van der Waals surface area contributed by atoms with Gasteiger partial charge in [0.15, 0.2) is 23.9 Å². The van der Waals surface area contributed by atoms with Crippen LogP contribution in [0.3, 0.4) is 0 Å². The van der Waals surface area contributed by atoms with Gasteiger partial charge in [-0.25, -0.2) is 4.57 Å². The van der Waals surface area contributed by atoms with E-state index in [1.807, 2.05) is 6.07 Å². The molecule has 0 amide bonds. The van der Waals surface area contributed by atoms with E-state index in [9.17, 15) is 0 Å². The van der Waals surface area contributed by atoms with Crippen LogP contribution in [0.2, 0.25) is 0 Å². The van der Waals surface area contributed by atoms with E-state index in [1.165, 1.54) is 36.8 Å². The molecule has 122 valence electrons. The van der Waals surface area contributed by atoms with E-state index < -0.39 is 0 Å². The van der Waals surface area contributed by atoms with Crippen molar-refractivity contribution < 1.29 is 14.0 Å². The van der Waals surface area contributed by atoms with Crippen LogP contribution >= 0.6 is 0 Å². The first kappa shape index (κ1) is 15.9. The van der Waals surface area contributed by atoms with Gasteiger partial charge in [-0.2, -0.15) is 0 Å². The Hall–Kier alpha value is -2.03. The fraction of sp³-hybridized carbons (Fsp3) is 0.450. The number of fused-ring (bicyclic) bond motifs is 1. The molecule has 3 nitrogen and oxygen atoms in total. The molecule has 1 aliphatic carbocycles. The second-order valence-electron chi connectivity index (χ2n) is 6.41. The molecule has 3 heteroatoms. The monoisotopic (exact) mass is 312 g/mol. The van der Waals surface area contributed by atoms with Crippen molar-refractivity contribution in [3.05, 3.63) is 53.3 Å². The van der Waals surface area contributed by atoms with Crippen LogP contribution in [0.15, 0.2) is 36.7 Å². The molecule has 0 saturated carbocycles. The van der Waals surface area contributed by atoms with Gasteiger partial charge in [-0.3, -0.25) is 0 Å². The summed E-state index contributed by atoms with van der Waals surface area (Å²) in [4.78, 5) is 0. The first-order valence-corrected chi connectivity index (χ1v) is 8.40. The third-order valence-electron chi connectivity index (χ3n) is 4.89. The first-order chi connectivity index (χ1) is 11.2. The standard InChI is InChI=1S/C20H26NO2/c1-21-12-11-18-16(5-4-6-17(18)14-21)9-7-15-8-10-19(22-2)20(13-15)23-3/h8,10-14,16H,4-7,9H2,1-3H3/q+1. The van der Waals surface area contributed by atoms with E-state index in [-0.39, 0.29) is 0 Å². The molecule has 1 heterocycles. The zero-order valence-electron chi connectivity index (χ0n) is 14.3. The highest BCUT2D eigenvalue weighted by Crippen LogP contribution is 2.35. The highest BCUT2D eigenvalue weighted by molar-refractivity contribution is 5.43. The first-order valence-electron chi connectivity index (χ1n) is 8.40. The van der Waals surface area contributed by atoms with Crippen LogP contribution in [-0.2, 0) is 19.9 Å². The molecule has 1 unspecified atom stereocenters. The van der Waals surface area contributed by atoms with Crippen molar-refractivity contribution in [2.45, 2.75) is 38.0 Å². The average molecular weight is 312 g/mol. The molecule has 0 aliphatic heterocycles. The van der Waals surface area contributed by atoms with Crippen molar-refractivity contribution in [2.24, 2.45) is 7.05 Å². The van der Waals surface area contributed by atoms with E-state index >= 15 is 0 Å². The lowest BCUT2D eigenvalue weighted by Crippen LogP contribution is -2.29. The van der Waals surface area contributed by atoms with Gasteiger partial charge in [-0.15, -0.1) is 0 Å². The molecule has 1 aliphatic rings. The maximum Gasteiger partial charge on any atom is 0.171 e. The van der Waals surface area contributed by atoms with E-state index in [4.69, 9.17) is 9.47 Å². The average Bonchev–Trinajstić information content (AvgIpc) is 2.59. The largest absolute Gasteiger partial charge is 0.493 e. The zero-order valence-corrected chi connectivity index (χ0v) is 14.3. The lowest BCUT2D eigenvalue weighted by molar-refractivity contribution is -0.672. The number of hydrogen-bond acceptors (Lipinski definition) is 2. The fourth-order valence-electron chi connectivity index (χ4n) is 3.65. The molecule has 1 aromatic heterocycles. The summed E-state index contributed by atoms with van der Waals surface area (Å²) in [6, 6.07) is 8.57. The van der Waals surface area contributed by atoms with Crippen LogP contribution in [0, 0.1) is 0 Å². The van der Waals surface area contributed by atoms with Crippen LogP contribution in [0.25, 0.3) is 0 Å². The van der Waals surface area contributed by atoms with E-state index in [2.05, 4.69) is 42.2 Å². The van der Waals surface area contributed by atoms with Crippen molar-refractivity contribution in [3.8, 4) is 11.5 Å². The van der Waals surface area contributed by atoms with E-state index in [0.717, 1.165) is 17.9 Å². The number of pyridine rings is 1. The Balaban J connectivity index is 1.72. The Kier molecular flexibility index (Phi) is 4.85. The summed E-state index contributed by atoms with van der Waals surface area (Å²) in [6.07, 6.45) is 10.5. The summed E-state index contributed by atoms with van der Waals surface area (Å²) in [5, 5.41) is 0. The summed E-state index contributed by atoms with van der Waals surface area (Å²) < 4.78 is 12.9. The second-order valence-corrected chi connectivity index (χ2v) is 6.41. The van der Waals surface area contributed by atoms with Crippen molar-refractivity contribution >= 4 is 0 Å². The Morgan fingerprint density at radius 3 is 2.74 bits per heavy atom. The third-order valence-corrected chi connectivity index (χ3v) is 4.89. The number of nitrogens with zero attached hydrogens (tertiary/aromatic N) is 1. The van der Waals surface area contributed by atoms with Gasteiger partial charge in [0.05, 0.1) is 14.2 Å². The molecule has 23 heavy (non-hydrogen) atoms. The van der Waals surface area contributed by atoms with Crippen molar-refractivity contribution in [1.82, 2.24) is 0 Å². The van der Waals surface area contributed by atoms with E-state index in [0.29, 0.717) is 5.92 Å². The van der Waals surface area contributed by atoms with Crippen LogP contribution in [0.5, 0.6) is 11.5 Å². The molecule has 1 atom stereocenters. The van der Waals surface area contributed by atoms with Crippen LogP contribution in [-0.4, -0.2) is 14.2 Å². The highest BCUT2D eigenvalue weighted by atomic mass is 16.5. The van der Waals surface area contributed by atoms with Gasteiger partial charge < -0.3 is 9.47 Å². The lowest BCUT2D eigenvalue weighted by atomic mass is 9.81. The summed E-state index contributed by atoms with van der Waals surface area (Å²) in [5.74, 6) is 2.29. The van der Waals surface area contributed by atoms with E-state index in [1.54, 1.807) is 19.8 Å². The SMILES string of the molecule is COc1ccc(CCC2CCCc3c[n+](C)ccc32)cc1OC. The summed E-state index contributed by atoms with van der Waals surface area (Å²) in [6.45, 7) is 0. The molecule has 0 bridgehead atoms. The maximum atomic E-state index is 5.41. The number of rotatable bonds is 5. The van der Waals surface area contributed by atoms with Gasteiger partial charge in [0.1, 0.15) is 7.05 Å². The van der Waals surface area contributed by atoms with Gasteiger partial charge in [0.25, 0.3) is 0 Å². The zero-order chi connectivity index (χ0) is 16.2. The molecule has 1 aromatic carbocycles. The second kappa shape index (κ2) is 7.03. The predicted molar refractivity (Wildman–Crippen MR) is 91.2 cm³/mol. The summed E-state index contributed by atoms with van der Waals surface area (Å²) >= 11 is 0. The normalized spacial score (nSPS) is 16.7. The summed E-state index contributed by atoms with van der Waals surface area (Å²) in [7, 11) is 5.48. The minimum Gasteiger partial charge on any atom is -0.493 e. The lowest BCUT2D eigenvalue weighted by Gasteiger charge is -2.24. The predicted octanol–water partition coefficient (Wildman–Crippen LogP) is 3.58. The molecule has 0 fully saturated rings. The topological polar surface area (TPSA) is 22.3 Å². The molecule has 3 rings (SSSR count). The van der Waals surface area contributed by atoms with Gasteiger partial charge in [0, 0.05) is 11.6 Å². The van der Waals surface area contributed by atoms with Gasteiger partial charge in [0.2, 0.25) is 0 Å². The van der Waals surface area contributed by atoms with Gasteiger partial charge in [-0.05, 0) is 61.3 Å². The molecule has 0 radical (unpaired) electrons. The number of aromatic nitrogens is 1. The minimum absolute atomic E-state index is 0.674. The van der Waals surface area contributed by atoms with Crippen molar-refractivity contribution in [2.75, 3.05) is 14.2 Å². The number of aryl methyl sites for hydroxylation is 3. The number of benzene rings is 1. The molecule has 2 aromatic rings. The highest BCUT2D eigenvalue weighted by Gasteiger charge is 2.22. The molecule has 0 spiro atoms. The van der Waals surface area contributed by atoms with Crippen LogP contribution in [0.1, 0.15) is 41.9 Å². The number of methoxy groups -OCH3 is 2. The molecule has 0 saturated heterocycles. The number of ether oxygens (including phenoxy) is 2. The Bertz CT molecular complexity index is 681. The quantitative estimate of drug-likeness (QED) is 0.787. The molecular formula is C20H26NO2+. The minimum atomic E-state index is 0.674. The fourth-order valence-corrected chi connectivity index (χ4v) is 3.65. The molecule has 0 N–H and O–H groups in total. The smallest absolute Gasteiger partial charge is 0.171 e. The summed E-state index contributed by atoms with van der Waals surface area (Å²) in [5.41, 5.74) is 4.39.